The van der Waals surface area contributed by atoms with Crippen LogP contribution in [0.15, 0.2) is 109 Å². The molecule has 214 valence electrons. The molecule has 5 nitrogen and oxygen atoms in total. The van der Waals surface area contributed by atoms with Crippen LogP contribution in [0.4, 0.5) is 11.4 Å². The Morgan fingerprint density at radius 2 is 1.39 bits per heavy atom. The molecule has 0 aliphatic rings. The number of quaternary nitrogens is 1. The van der Waals surface area contributed by atoms with Gasteiger partial charge < -0.3 is 15.2 Å². The molecule has 5 heteroatoms. The summed E-state index contributed by atoms with van der Waals surface area (Å²) >= 11 is 0. The highest BCUT2D eigenvalue weighted by Gasteiger charge is 2.33. The second-order valence-electron chi connectivity index (χ2n) is 10.7. The van der Waals surface area contributed by atoms with E-state index in [4.69, 9.17) is 15.2 Å². The number of rotatable bonds is 16. The van der Waals surface area contributed by atoms with Crippen molar-refractivity contribution in [3.63, 3.8) is 0 Å². The molecule has 1 atom stereocenters. The van der Waals surface area contributed by atoms with E-state index in [1.54, 1.807) is 0 Å². The maximum Gasteiger partial charge on any atom is 0.318 e. The summed E-state index contributed by atoms with van der Waals surface area (Å²) in [5.41, 5.74) is 11.2. The van der Waals surface area contributed by atoms with Gasteiger partial charge in [-0.15, -0.1) is 0 Å². The molecule has 0 saturated carbocycles. The van der Waals surface area contributed by atoms with Crippen LogP contribution in [0.5, 0.6) is 5.75 Å². The number of nitrogen functional groups attached to an aromatic ring is 1. The van der Waals surface area contributed by atoms with E-state index in [1.165, 1.54) is 11.1 Å². The molecule has 1 amide bonds. The third-order valence-electron chi connectivity index (χ3n) is 7.56. The van der Waals surface area contributed by atoms with Crippen molar-refractivity contribution >= 4 is 17.3 Å². The lowest BCUT2D eigenvalue weighted by atomic mass is 10.1. The zero-order valence-electron chi connectivity index (χ0n) is 24.2. The quantitative estimate of drug-likeness (QED) is 0.0897. The van der Waals surface area contributed by atoms with E-state index >= 15 is 0 Å². The Balaban J connectivity index is 1.23. The number of likely N-dealkylation sites (N-methyl/N-ethyl adjacent to an activating group) is 1. The number of amides is 1. The van der Waals surface area contributed by atoms with Gasteiger partial charge in [-0.25, -0.2) is 9.28 Å². The minimum absolute atomic E-state index is 0.253. The predicted octanol–water partition coefficient (Wildman–Crippen LogP) is 7.37. The molecule has 0 fully saturated rings. The molecule has 0 aliphatic heterocycles. The van der Waals surface area contributed by atoms with Crippen LogP contribution in [0.25, 0.3) is 0 Å². The van der Waals surface area contributed by atoms with Crippen LogP contribution in [-0.4, -0.2) is 32.7 Å². The van der Waals surface area contributed by atoms with Gasteiger partial charge in [-0.2, -0.15) is 0 Å². The van der Waals surface area contributed by atoms with Crippen LogP contribution < -0.4 is 15.0 Å². The summed E-state index contributed by atoms with van der Waals surface area (Å²) in [4.78, 5) is 13.6. The number of hydrogen-bond acceptors (Lipinski definition) is 4. The van der Waals surface area contributed by atoms with E-state index in [0.717, 1.165) is 68.0 Å². The highest BCUT2D eigenvalue weighted by atomic mass is 16.5. The summed E-state index contributed by atoms with van der Waals surface area (Å²) in [5, 5.41) is 0. The summed E-state index contributed by atoms with van der Waals surface area (Å²) in [6.45, 7) is 2.66. The zero-order valence-corrected chi connectivity index (χ0v) is 24.2. The number of ether oxygens (including phenoxy) is 2. The number of carbonyl (C=O) groups excluding carboxylic acids is 1. The first-order valence-electron chi connectivity index (χ1n) is 14.7. The molecule has 0 saturated heterocycles. The molecule has 0 radical (unpaired) electrons. The molecule has 0 aliphatic carbocycles. The highest BCUT2D eigenvalue weighted by Crippen LogP contribution is 2.25. The number of carbonyl (C=O) groups is 1. The minimum atomic E-state index is 0.253. The number of unbranched alkanes of at least 4 members (excludes halogenated alkanes) is 2. The number of para-hydroxylation sites is 1. The second kappa shape index (κ2) is 15.8. The zero-order chi connectivity index (χ0) is 28.8. The summed E-state index contributed by atoms with van der Waals surface area (Å²) in [7, 11) is 2.05. The standard InChI is InChI=1S/C36H43N2O3/c1-38(34-16-7-3-8-17-34,36(39)18-9-4-10-26-40-27-24-30-12-5-2-6-13-30)25-23-31-19-21-35(22-20-31)41-29-32-14-11-15-33(37)28-32/h2-3,5-8,11-17,19-22,28H,4,9-10,18,23-27,29,37H2,1H3/q+1. The van der Waals surface area contributed by atoms with Gasteiger partial charge in [0.15, 0.2) is 0 Å². The van der Waals surface area contributed by atoms with Crippen LogP contribution >= 0.6 is 0 Å². The Kier molecular flexibility index (Phi) is 11.5. The monoisotopic (exact) mass is 551 g/mol. The molecule has 4 aromatic rings. The maximum absolute atomic E-state index is 13.6. The van der Waals surface area contributed by atoms with E-state index in [1.807, 2.05) is 67.7 Å². The fraction of sp³-hybridized carbons (Fsp3) is 0.306. The Morgan fingerprint density at radius 1 is 0.707 bits per heavy atom. The smallest absolute Gasteiger partial charge is 0.318 e. The molecule has 41 heavy (non-hydrogen) atoms. The van der Waals surface area contributed by atoms with Crippen LogP contribution in [-0.2, 0) is 29.0 Å². The van der Waals surface area contributed by atoms with Crippen LogP contribution in [0, 0.1) is 0 Å². The van der Waals surface area contributed by atoms with Crippen molar-refractivity contribution in [2.45, 2.75) is 45.1 Å². The van der Waals surface area contributed by atoms with Crippen LogP contribution in [0.2, 0.25) is 0 Å². The normalized spacial score (nSPS) is 12.5. The molecule has 0 bridgehead atoms. The summed E-state index contributed by atoms with van der Waals surface area (Å²) in [5.74, 6) is 1.07. The first-order valence-corrected chi connectivity index (χ1v) is 14.7. The fourth-order valence-corrected chi connectivity index (χ4v) is 4.95. The van der Waals surface area contributed by atoms with Gasteiger partial charge in [0, 0.05) is 18.7 Å². The Morgan fingerprint density at radius 3 is 2.12 bits per heavy atom. The first kappa shape index (κ1) is 30.0. The van der Waals surface area contributed by atoms with E-state index in [2.05, 4.69) is 48.5 Å². The van der Waals surface area contributed by atoms with Crippen molar-refractivity contribution in [1.82, 2.24) is 4.48 Å². The molecular formula is C36H43N2O3+. The van der Waals surface area contributed by atoms with Gasteiger partial charge in [0.05, 0.1) is 26.6 Å². The minimum Gasteiger partial charge on any atom is -0.489 e. The van der Waals surface area contributed by atoms with E-state index in [0.29, 0.717) is 24.1 Å². The average molecular weight is 552 g/mol. The van der Waals surface area contributed by atoms with Gasteiger partial charge >= 0.3 is 5.91 Å². The molecule has 1 unspecified atom stereocenters. The molecule has 4 rings (SSSR count). The van der Waals surface area contributed by atoms with Crippen molar-refractivity contribution in [2.24, 2.45) is 0 Å². The summed E-state index contributed by atoms with van der Waals surface area (Å²) in [6, 6.07) is 36.5. The van der Waals surface area contributed by atoms with E-state index in [-0.39, 0.29) is 5.91 Å². The van der Waals surface area contributed by atoms with Gasteiger partial charge in [-0.05, 0) is 72.4 Å². The first-order chi connectivity index (χ1) is 20.0. The number of hydrogen-bond donors (Lipinski definition) is 1. The van der Waals surface area contributed by atoms with Crippen LogP contribution in [0.1, 0.15) is 42.4 Å². The van der Waals surface area contributed by atoms with Crippen molar-refractivity contribution < 1.29 is 14.3 Å². The molecule has 0 spiro atoms. The third kappa shape index (κ3) is 9.59. The third-order valence-corrected chi connectivity index (χ3v) is 7.56. The van der Waals surface area contributed by atoms with Gasteiger partial charge in [-0.3, -0.25) is 0 Å². The number of anilines is 1. The van der Waals surface area contributed by atoms with Gasteiger partial charge in [-0.1, -0.05) is 79.2 Å². The summed E-state index contributed by atoms with van der Waals surface area (Å²) in [6.07, 6.45) is 5.13. The second-order valence-corrected chi connectivity index (χ2v) is 10.7. The lowest BCUT2D eigenvalue weighted by Crippen LogP contribution is -2.51. The predicted molar refractivity (Wildman–Crippen MR) is 169 cm³/mol. The van der Waals surface area contributed by atoms with Crippen molar-refractivity contribution in [1.29, 1.82) is 0 Å². The Bertz CT molecular complexity index is 1330. The largest absolute Gasteiger partial charge is 0.489 e. The molecule has 2 N–H and O–H groups in total. The fourth-order valence-electron chi connectivity index (χ4n) is 4.95. The van der Waals surface area contributed by atoms with E-state index in [9.17, 15) is 4.79 Å². The van der Waals surface area contributed by atoms with Crippen molar-refractivity contribution in [2.75, 3.05) is 32.5 Å². The van der Waals surface area contributed by atoms with Crippen molar-refractivity contribution in [3.8, 4) is 5.75 Å². The molecular weight excluding hydrogens is 508 g/mol. The van der Waals surface area contributed by atoms with Gasteiger partial charge in [0.25, 0.3) is 0 Å². The maximum atomic E-state index is 13.6. The lowest BCUT2D eigenvalue weighted by molar-refractivity contribution is -0.129. The Labute approximate surface area is 245 Å². The van der Waals surface area contributed by atoms with Gasteiger partial charge in [0.2, 0.25) is 0 Å². The molecule has 0 aromatic heterocycles. The van der Waals surface area contributed by atoms with Gasteiger partial charge in [0.1, 0.15) is 18.0 Å². The molecule has 0 heterocycles. The summed E-state index contributed by atoms with van der Waals surface area (Å²) < 4.78 is 12.0. The SMILES string of the molecule is C[N+](CCc1ccc(OCc2cccc(N)c2)cc1)(C(=O)CCCCCOCCc1ccccc1)c1ccccc1. The lowest BCUT2D eigenvalue weighted by Gasteiger charge is -2.31. The Hall–Kier alpha value is -3.93. The molecule has 4 aromatic carbocycles. The number of nitrogens with zero attached hydrogens (tertiary/aromatic N) is 1. The average Bonchev–Trinajstić information content (AvgIpc) is 3.01. The topological polar surface area (TPSA) is 61.5 Å². The van der Waals surface area contributed by atoms with E-state index < -0.39 is 0 Å². The number of benzene rings is 4. The highest BCUT2D eigenvalue weighted by molar-refractivity contribution is 5.88. The van der Waals surface area contributed by atoms with Crippen LogP contribution in [0.3, 0.4) is 0 Å². The number of nitrogens with two attached hydrogens (primary N) is 1. The van der Waals surface area contributed by atoms with Crippen molar-refractivity contribution in [3.05, 3.63) is 126 Å².